The van der Waals surface area contributed by atoms with E-state index in [9.17, 15) is 0 Å². The molecule has 1 fully saturated rings. The zero-order valence-electron chi connectivity index (χ0n) is 37.5. The van der Waals surface area contributed by atoms with Crippen LogP contribution < -0.4 is 4.90 Å². The molecule has 0 aromatic heterocycles. The molecule has 0 atom stereocenters. The fraction of sp³-hybridized carbons (Fsp3) is 0.108. The number of allylic oxidation sites excluding steroid dienone is 1. The SMILES string of the molecule is Cc1ccc(/C(=C\c2ccc(N(c3ccc(C)cc3)c3ccc4c5ccc6c7cccc8cccc(c9ccc(c%10cccc3c%104)c5c96)c87)cc2)c2ccc(C=C3CCCCC3)cc2)cc1. The topological polar surface area (TPSA) is 3.24 Å². The van der Waals surface area contributed by atoms with Crippen molar-refractivity contribution in [2.24, 2.45) is 0 Å². The van der Waals surface area contributed by atoms with Crippen molar-refractivity contribution in [2.75, 3.05) is 4.90 Å². The molecular formula is C65H49N. The molecule has 1 aliphatic carbocycles. The lowest BCUT2D eigenvalue weighted by atomic mass is 9.84. The van der Waals surface area contributed by atoms with Crippen LogP contribution in [0.3, 0.4) is 0 Å². The van der Waals surface area contributed by atoms with Crippen LogP contribution in [-0.2, 0) is 0 Å². The van der Waals surface area contributed by atoms with Crippen LogP contribution in [0.2, 0.25) is 0 Å². The van der Waals surface area contributed by atoms with E-state index in [0.717, 1.165) is 11.4 Å². The number of hydrogen-bond donors (Lipinski definition) is 0. The van der Waals surface area contributed by atoms with Gasteiger partial charge in [0.2, 0.25) is 0 Å². The van der Waals surface area contributed by atoms with Crippen LogP contribution in [0.4, 0.5) is 17.1 Å². The molecule has 13 rings (SSSR count). The van der Waals surface area contributed by atoms with E-state index in [0.29, 0.717) is 0 Å². The molecule has 0 spiro atoms. The summed E-state index contributed by atoms with van der Waals surface area (Å²) < 4.78 is 0. The van der Waals surface area contributed by atoms with Crippen molar-refractivity contribution in [3.8, 4) is 0 Å². The average molecular weight is 844 g/mol. The number of anilines is 3. The van der Waals surface area contributed by atoms with E-state index in [-0.39, 0.29) is 0 Å². The average Bonchev–Trinajstić information content (AvgIpc) is 3.36. The molecule has 0 radical (unpaired) electrons. The second kappa shape index (κ2) is 15.5. The Morgan fingerprint density at radius 1 is 0.379 bits per heavy atom. The quantitative estimate of drug-likeness (QED) is 0.0878. The summed E-state index contributed by atoms with van der Waals surface area (Å²) in [4.78, 5) is 2.45. The minimum Gasteiger partial charge on any atom is -0.310 e. The van der Waals surface area contributed by atoms with Crippen molar-refractivity contribution in [3.63, 3.8) is 0 Å². The second-order valence-corrected chi connectivity index (χ2v) is 18.8. The summed E-state index contributed by atoms with van der Waals surface area (Å²) in [7, 11) is 0. The Kier molecular flexibility index (Phi) is 9.07. The monoisotopic (exact) mass is 843 g/mol. The lowest BCUT2D eigenvalue weighted by Crippen LogP contribution is -2.10. The van der Waals surface area contributed by atoms with E-state index in [2.05, 4.69) is 219 Å². The highest BCUT2D eigenvalue weighted by atomic mass is 15.1. The zero-order valence-corrected chi connectivity index (χ0v) is 37.5. The molecule has 1 aliphatic rings. The molecular weight excluding hydrogens is 795 g/mol. The van der Waals surface area contributed by atoms with E-state index in [4.69, 9.17) is 0 Å². The molecule has 0 aliphatic heterocycles. The highest BCUT2D eigenvalue weighted by molar-refractivity contribution is 6.42. The van der Waals surface area contributed by atoms with E-state index in [1.807, 2.05) is 0 Å². The van der Waals surface area contributed by atoms with Crippen molar-refractivity contribution in [2.45, 2.75) is 46.0 Å². The predicted molar refractivity (Wildman–Crippen MR) is 286 cm³/mol. The fourth-order valence-electron chi connectivity index (χ4n) is 11.4. The van der Waals surface area contributed by atoms with Gasteiger partial charge in [0.05, 0.1) is 5.69 Å². The van der Waals surface area contributed by atoms with Gasteiger partial charge >= 0.3 is 0 Å². The summed E-state index contributed by atoms with van der Waals surface area (Å²) in [6.07, 6.45) is 11.2. The van der Waals surface area contributed by atoms with Gasteiger partial charge in [0.15, 0.2) is 0 Å². The highest BCUT2D eigenvalue weighted by Gasteiger charge is 2.22. The lowest BCUT2D eigenvalue weighted by Gasteiger charge is -2.28. The summed E-state index contributed by atoms with van der Waals surface area (Å²) in [6, 6.07) is 71.0. The summed E-state index contributed by atoms with van der Waals surface area (Å²) >= 11 is 0. The number of rotatable bonds is 7. The first kappa shape index (κ1) is 38.7. The van der Waals surface area contributed by atoms with Gasteiger partial charge < -0.3 is 4.90 Å². The van der Waals surface area contributed by atoms with Crippen LogP contribution in [0.25, 0.3) is 93.1 Å². The standard InChI is InChI=1S/C65H49N/c1-41-17-25-46(26-18-41)60(47-27-21-44(22-28-47)39-43-9-4-3-5-10-43)40-45-23-31-50(32-24-45)66(49-29-19-42(2)20-30-49)61-38-37-54-58-36-34-56-52-14-7-12-48-11-6-13-51(62(48)52)55-33-35-57(65(58)64(55)56)53-15-8-16-59(61)63(53)54/h6-8,11-40H,3-5,9-10H2,1-2H3/b60-40+. The van der Waals surface area contributed by atoms with Gasteiger partial charge in [0.25, 0.3) is 0 Å². The Morgan fingerprint density at radius 3 is 1.41 bits per heavy atom. The van der Waals surface area contributed by atoms with Crippen molar-refractivity contribution >= 4 is 110 Å². The molecule has 0 N–H and O–H groups in total. The summed E-state index contributed by atoms with van der Waals surface area (Å²) in [5.41, 5.74) is 13.7. The van der Waals surface area contributed by atoms with Crippen LogP contribution in [0.1, 0.15) is 65.5 Å². The van der Waals surface area contributed by atoms with Gasteiger partial charge in [-0.25, -0.2) is 0 Å². The Bertz CT molecular complexity index is 3760. The molecule has 1 nitrogen and oxygen atoms in total. The van der Waals surface area contributed by atoms with E-state index in [1.165, 1.54) is 152 Å². The molecule has 0 unspecified atom stereocenters. The molecule has 0 amide bonds. The first-order valence-electron chi connectivity index (χ1n) is 23.8. The van der Waals surface area contributed by atoms with Crippen LogP contribution in [0.5, 0.6) is 0 Å². The molecule has 0 heterocycles. The molecule has 1 saturated carbocycles. The maximum atomic E-state index is 2.45. The fourth-order valence-corrected chi connectivity index (χ4v) is 11.4. The molecule has 66 heavy (non-hydrogen) atoms. The van der Waals surface area contributed by atoms with E-state index in [1.54, 1.807) is 5.57 Å². The third-order valence-electron chi connectivity index (χ3n) is 14.7. The van der Waals surface area contributed by atoms with Crippen molar-refractivity contribution in [1.82, 2.24) is 0 Å². The summed E-state index contributed by atoms with van der Waals surface area (Å²) in [6.45, 7) is 4.32. The van der Waals surface area contributed by atoms with Gasteiger partial charge in [-0.15, -0.1) is 0 Å². The number of aryl methyl sites for hydroxylation is 2. The summed E-state index contributed by atoms with van der Waals surface area (Å²) in [5.74, 6) is 0. The number of benzene rings is 12. The van der Waals surface area contributed by atoms with Gasteiger partial charge in [-0.05, 0) is 174 Å². The number of hydrogen-bond acceptors (Lipinski definition) is 1. The Labute approximate surface area is 386 Å². The molecule has 0 saturated heterocycles. The molecule has 12 aromatic carbocycles. The smallest absolute Gasteiger partial charge is 0.0540 e. The van der Waals surface area contributed by atoms with Gasteiger partial charge in [-0.1, -0.05) is 187 Å². The zero-order chi connectivity index (χ0) is 43.9. The van der Waals surface area contributed by atoms with Crippen molar-refractivity contribution < 1.29 is 0 Å². The maximum Gasteiger partial charge on any atom is 0.0540 e. The first-order chi connectivity index (χ1) is 32.5. The third kappa shape index (κ3) is 6.29. The van der Waals surface area contributed by atoms with Gasteiger partial charge in [-0.2, -0.15) is 0 Å². The van der Waals surface area contributed by atoms with Crippen LogP contribution >= 0.6 is 0 Å². The van der Waals surface area contributed by atoms with E-state index >= 15 is 0 Å². The Morgan fingerprint density at radius 2 is 0.818 bits per heavy atom. The van der Waals surface area contributed by atoms with Gasteiger partial charge in [0.1, 0.15) is 0 Å². The summed E-state index contributed by atoms with van der Waals surface area (Å²) in [5, 5.41) is 18.5. The molecule has 0 bridgehead atoms. The van der Waals surface area contributed by atoms with Gasteiger partial charge in [0, 0.05) is 16.8 Å². The largest absolute Gasteiger partial charge is 0.310 e. The van der Waals surface area contributed by atoms with Crippen molar-refractivity contribution in [3.05, 3.63) is 227 Å². The van der Waals surface area contributed by atoms with Crippen LogP contribution in [0.15, 0.2) is 194 Å². The Hall–Kier alpha value is -7.74. The number of fused-ring (bicyclic) bond motifs is 4. The predicted octanol–water partition coefficient (Wildman–Crippen LogP) is 18.7. The normalized spacial score (nSPS) is 13.7. The first-order valence-corrected chi connectivity index (χ1v) is 23.8. The minimum absolute atomic E-state index is 1.12. The highest BCUT2D eigenvalue weighted by Crippen LogP contribution is 2.50. The maximum absolute atomic E-state index is 2.45. The van der Waals surface area contributed by atoms with Gasteiger partial charge in [-0.3, -0.25) is 0 Å². The third-order valence-corrected chi connectivity index (χ3v) is 14.7. The van der Waals surface area contributed by atoms with E-state index < -0.39 is 0 Å². The second-order valence-electron chi connectivity index (χ2n) is 18.8. The molecule has 1 heteroatoms. The molecule has 314 valence electrons. The van der Waals surface area contributed by atoms with Crippen LogP contribution in [-0.4, -0.2) is 0 Å². The Balaban J connectivity index is 0.952. The minimum atomic E-state index is 1.12. The molecule has 12 aromatic rings. The van der Waals surface area contributed by atoms with Crippen LogP contribution in [0, 0.1) is 13.8 Å². The number of nitrogens with zero attached hydrogens (tertiary/aromatic N) is 1. The van der Waals surface area contributed by atoms with Crippen molar-refractivity contribution in [1.29, 1.82) is 0 Å². The lowest BCUT2D eigenvalue weighted by molar-refractivity contribution is 0.602.